The lowest BCUT2D eigenvalue weighted by molar-refractivity contribution is -0.126. The zero-order valence-electron chi connectivity index (χ0n) is 40.0. The van der Waals surface area contributed by atoms with Crippen LogP contribution in [0.4, 0.5) is 23.0 Å². The molecule has 0 bridgehead atoms. The zero-order valence-corrected chi connectivity index (χ0v) is 41.5. The number of nitrogens with zero attached hydrogens (tertiary/aromatic N) is 6. The van der Waals surface area contributed by atoms with Crippen molar-refractivity contribution in [3.8, 4) is 23.0 Å². The van der Waals surface area contributed by atoms with Crippen LogP contribution in [-0.4, -0.2) is 119 Å². The van der Waals surface area contributed by atoms with Crippen LogP contribution >= 0.6 is 23.2 Å². The summed E-state index contributed by atoms with van der Waals surface area (Å²) in [6.45, 7) is 8.24. The van der Waals surface area contributed by atoms with Crippen LogP contribution in [0.2, 0.25) is 10.0 Å². The van der Waals surface area contributed by atoms with E-state index in [1.165, 1.54) is 12.7 Å². The standard InChI is InChI=1S/2C26H30ClN5O3/c2*1-16-20(27)4-3-5-21(16)31-26-19-12-24(23(34-2)13-22(19)29-15-30-26)35-18-8-6-17(7-9-18)32-11-10-28-25(33)14-32/h2*3-5,12-13,15,17-18H,6-11,14H2,1-2H3,(H,28,33)(H,29,30,31). The molecule has 0 spiro atoms. The minimum absolute atomic E-state index is 0.0902. The molecule has 4 aromatic carbocycles. The van der Waals surface area contributed by atoms with Crippen molar-refractivity contribution in [3.05, 3.63) is 94.5 Å². The number of hydrogen-bond acceptors (Lipinski definition) is 14. The Morgan fingerprint density at radius 3 is 1.37 bits per heavy atom. The molecule has 0 unspecified atom stereocenters. The Bertz CT molecular complexity index is 2650. The first kappa shape index (κ1) is 48.8. The van der Waals surface area contributed by atoms with Crippen LogP contribution in [0.15, 0.2) is 73.3 Å². The van der Waals surface area contributed by atoms with Gasteiger partial charge in [-0.05, 0) is 113 Å². The average molecular weight is 992 g/mol. The Kier molecular flexibility index (Phi) is 15.5. The molecule has 0 atom stereocenters. The van der Waals surface area contributed by atoms with Crippen LogP contribution < -0.4 is 40.2 Å². The number of rotatable bonds is 12. The van der Waals surface area contributed by atoms with Crippen LogP contribution in [0, 0.1) is 13.8 Å². The number of methoxy groups -OCH3 is 2. The number of aromatic nitrogens is 4. The van der Waals surface area contributed by atoms with E-state index in [9.17, 15) is 9.59 Å². The van der Waals surface area contributed by atoms with Gasteiger partial charge in [-0.1, -0.05) is 35.3 Å². The molecule has 4 aliphatic rings. The number of fused-ring (bicyclic) bond motifs is 2. The van der Waals surface area contributed by atoms with E-state index in [1.54, 1.807) is 14.2 Å². The van der Waals surface area contributed by atoms with E-state index < -0.39 is 0 Å². The second-order valence-electron chi connectivity index (χ2n) is 18.3. The molecule has 16 nitrogen and oxygen atoms in total. The van der Waals surface area contributed by atoms with Crippen LogP contribution in [0.5, 0.6) is 23.0 Å². The topological polar surface area (TPSA) is 177 Å². The Hall–Kier alpha value is -6.20. The first-order valence-corrected chi connectivity index (χ1v) is 24.8. The summed E-state index contributed by atoms with van der Waals surface area (Å²) in [5.74, 6) is 4.26. The van der Waals surface area contributed by atoms with E-state index in [2.05, 4.69) is 51.0 Å². The normalized spacial score (nSPS) is 20.9. The van der Waals surface area contributed by atoms with E-state index in [0.717, 1.165) is 122 Å². The summed E-state index contributed by atoms with van der Waals surface area (Å²) >= 11 is 12.6. The average Bonchev–Trinajstić information content (AvgIpc) is 3.37. The fourth-order valence-corrected chi connectivity index (χ4v) is 10.3. The largest absolute Gasteiger partial charge is 0.493 e. The number of halogens is 2. The number of hydrogen-bond donors (Lipinski definition) is 4. The molecule has 0 radical (unpaired) electrons. The predicted octanol–water partition coefficient (Wildman–Crippen LogP) is 8.93. The third kappa shape index (κ3) is 11.4. The number of carbonyl (C=O) groups excluding carboxylic acids is 2. The van der Waals surface area contributed by atoms with Crippen molar-refractivity contribution in [3.63, 3.8) is 0 Å². The SMILES string of the molecule is COc1cc2ncnc(Nc3cccc(Cl)c3C)c2cc1OC1CCC(N2CCNC(=O)C2)CC1.COc1cc2ncnc(Nc3cccc(Cl)c3C)c2cc1OC1CCC(N2CCNC(=O)C2)CC1. The molecule has 4 heterocycles. The van der Waals surface area contributed by atoms with Gasteiger partial charge in [-0.25, -0.2) is 19.9 Å². The molecule has 4 fully saturated rings. The molecule has 18 heteroatoms. The first-order chi connectivity index (χ1) is 34.0. The quantitative estimate of drug-likeness (QED) is 0.0914. The number of carbonyl (C=O) groups is 2. The maximum Gasteiger partial charge on any atom is 0.234 e. The second kappa shape index (κ2) is 22.3. The fourth-order valence-electron chi connectivity index (χ4n) is 9.93. The molecule has 2 saturated heterocycles. The van der Waals surface area contributed by atoms with Gasteiger partial charge in [0.2, 0.25) is 11.8 Å². The maximum absolute atomic E-state index is 11.8. The molecule has 4 N–H and O–H groups in total. The van der Waals surface area contributed by atoms with Crippen molar-refractivity contribution in [2.75, 3.05) is 64.1 Å². The monoisotopic (exact) mass is 990 g/mol. The molecule has 2 saturated carbocycles. The highest BCUT2D eigenvalue weighted by Crippen LogP contribution is 2.40. The molecule has 2 aromatic heterocycles. The van der Waals surface area contributed by atoms with E-state index in [-0.39, 0.29) is 24.0 Å². The highest BCUT2D eigenvalue weighted by Gasteiger charge is 2.32. The van der Waals surface area contributed by atoms with Gasteiger partial charge in [-0.15, -0.1) is 0 Å². The minimum Gasteiger partial charge on any atom is -0.493 e. The minimum atomic E-state index is 0.0902. The van der Waals surface area contributed by atoms with Crippen molar-refractivity contribution >= 4 is 79.8 Å². The molecular formula is C52H60Cl2N10O6. The molecular weight excluding hydrogens is 932 g/mol. The lowest BCUT2D eigenvalue weighted by atomic mass is 9.91. The van der Waals surface area contributed by atoms with Gasteiger partial charge in [-0.3, -0.25) is 19.4 Å². The van der Waals surface area contributed by atoms with Crippen molar-refractivity contribution < 1.29 is 28.5 Å². The van der Waals surface area contributed by atoms with E-state index in [1.807, 2.05) is 74.5 Å². The highest BCUT2D eigenvalue weighted by molar-refractivity contribution is 6.32. The maximum atomic E-state index is 11.8. The van der Waals surface area contributed by atoms with Crippen molar-refractivity contribution in [2.45, 2.75) is 89.5 Å². The fraction of sp³-hybridized carbons (Fsp3) is 0.423. The molecule has 6 aromatic rings. The smallest absolute Gasteiger partial charge is 0.234 e. The summed E-state index contributed by atoms with van der Waals surface area (Å²) in [5.41, 5.74) is 5.21. The molecule has 368 valence electrons. The van der Waals surface area contributed by atoms with Gasteiger partial charge in [0.1, 0.15) is 24.3 Å². The molecule has 70 heavy (non-hydrogen) atoms. The zero-order chi connectivity index (χ0) is 48.7. The molecule has 10 rings (SSSR count). The third-order valence-corrected chi connectivity index (χ3v) is 14.7. The first-order valence-electron chi connectivity index (χ1n) is 24.1. The third-order valence-electron chi connectivity index (χ3n) is 13.9. The van der Waals surface area contributed by atoms with Gasteiger partial charge in [0.25, 0.3) is 0 Å². The van der Waals surface area contributed by atoms with Crippen molar-refractivity contribution in [1.82, 2.24) is 40.4 Å². The van der Waals surface area contributed by atoms with Gasteiger partial charge in [-0.2, -0.15) is 0 Å². The number of ether oxygens (including phenoxy) is 4. The number of amides is 2. The summed E-state index contributed by atoms with van der Waals surface area (Å²) in [4.78, 5) is 46.0. The highest BCUT2D eigenvalue weighted by atomic mass is 35.5. The molecule has 2 aliphatic carbocycles. The van der Waals surface area contributed by atoms with E-state index in [4.69, 9.17) is 42.1 Å². The van der Waals surface area contributed by atoms with E-state index in [0.29, 0.717) is 69.9 Å². The van der Waals surface area contributed by atoms with Gasteiger partial charge >= 0.3 is 0 Å². The van der Waals surface area contributed by atoms with Gasteiger partial charge in [0, 0.05) is 82.6 Å². The number of benzene rings is 4. The summed E-state index contributed by atoms with van der Waals surface area (Å²) in [5, 5.41) is 15.7. The van der Waals surface area contributed by atoms with Crippen LogP contribution in [0.1, 0.15) is 62.5 Å². The predicted molar refractivity (Wildman–Crippen MR) is 274 cm³/mol. The van der Waals surface area contributed by atoms with Gasteiger partial charge in [0.15, 0.2) is 23.0 Å². The summed E-state index contributed by atoms with van der Waals surface area (Å²) in [6.07, 6.45) is 11.0. The van der Waals surface area contributed by atoms with Crippen LogP contribution in [-0.2, 0) is 9.59 Å². The summed E-state index contributed by atoms with van der Waals surface area (Å²) in [6, 6.07) is 20.1. The second-order valence-corrected chi connectivity index (χ2v) is 19.1. The van der Waals surface area contributed by atoms with Crippen molar-refractivity contribution in [1.29, 1.82) is 0 Å². The van der Waals surface area contributed by atoms with Gasteiger partial charge in [0.05, 0.1) is 50.6 Å². The van der Waals surface area contributed by atoms with Gasteiger partial charge < -0.3 is 40.2 Å². The summed E-state index contributed by atoms with van der Waals surface area (Å²) in [7, 11) is 3.28. The van der Waals surface area contributed by atoms with Crippen LogP contribution in [0.3, 0.4) is 0 Å². The lowest BCUT2D eigenvalue weighted by Gasteiger charge is -2.38. The Morgan fingerprint density at radius 2 is 0.986 bits per heavy atom. The Labute approximate surface area is 418 Å². The molecule has 2 aliphatic heterocycles. The van der Waals surface area contributed by atoms with Crippen LogP contribution in [0.25, 0.3) is 21.8 Å². The lowest BCUT2D eigenvalue weighted by Crippen LogP contribution is -2.52. The molecule has 2 amide bonds. The number of piperazine rings is 2. The number of anilines is 4. The Morgan fingerprint density at radius 1 is 0.571 bits per heavy atom. The van der Waals surface area contributed by atoms with Crippen molar-refractivity contribution in [2.24, 2.45) is 0 Å². The Balaban J connectivity index is 0.000000174. The van der Waals surface area contributed by atoms with E-state index >= 15 is 0 Å². The summed E-state index contributed by atoms with van der Waals surface area (Å²) < 4.78 is 24.2. The number of nitrogens with one attached hydrogen (secondary N) is 4.